The molecule has 9 rings (SSSR count). The first-order chi connectivity index (χ1) is 26.6. The van der Waals surface area contributed by atoms with Crippen LogP contribution < -0.4 is 4.90 Å². The summed E-state index contributed by atoms with van der Waals surface area (Å²) in [5.41, 5.74) is 15.5. The quantitative estimate of drug-likeness (QED) is 0.146. The Kier molecular flexibility index (Phi) is 8.86. The molecule has 2 heteroatoms. The van der Waals surface area contributed by atoms with Crippen LogP contribution in [0.15, 0.2) is 200 Å². The number of fused-ring (bicyclic) bond motifs is 3. The van der Waals surface area contributed by atoms with Crippen molar-refractivity contribution in [3.8, 4) is 39.1 Å². The highest BCUT2D eigenvalue weighted by atomic mass is 15.1. The van der Waals surface area contributed by atoms with E-state index in [2.05, 4.69) is 224 Å². The molecule has 0 aliphatic heterocycles. The molecule has 0 amide bonds. The van der Waals surface area contributed by atoms with Gasteiger partial charge in [-0.1, -0.05) is 147 Å². The molecule has 9 aromatic rings. The number of hydrogen-bond donors (Lipinski definition) is 0. The molecule has 0 spiro atoms. The second kappa shape index (κ2) is 14.4. The lowest BCUT2D eigenvalue weighted by atomic mass is 9.95. The normalized spacial score (nSPS) is 11.9. The van der Waals surface area contributed by atoms with Gasteiger partial charge in [0.05, 0.1) is 11.0 Å². The van der Waals surface area contributed by atoms with Crippen LogP contribution in [0.1, 0.15) is 31.7 Å². The average molecular weight is 695 g/mol. The molecule has 54 heavy (non-hydrogen) atoms. The van der Waals surface area contributed by atoms with Crippen molar-refractivity contribution in [2.75, 3.05) is 4.90 Å². The SMILES string of the molecule is CCC(C)c1ccc(-c2ccc3c(c2)c2cc(N(c4ccc(-c5ccccc5)cc4)c4ccc(-c5ccccc5)cc4)ccc2n3-c2ccccc2)cc1. The van der Waals surface area contributed by atoms with Crippen molar-refractivity contribution in [2.45, 2.75) is 26.2 Å². The van der Waals surface area contributed by atoms with Gasteiger partial charge in [0.15, 0.2) is 0 Å². The van der Waals surface area contributed by atoms with Gasteiger partial charge in [-0.3, -0.25) is 0 Å². The Morgan fingerprint density at radius 2 is 0.815 bits per heavy atom. The van der Waals surface area contributed by atoms with Gasteiger partial charge in [-0.25, -0.2) is 0 Å². The van der Waals surface area contributed by atoms with E-state index in [1.807, 2.05) is 0 Å². The third-order valence-corrected chi connectivity index (χ3v) is 10.9. The zero-order valence-corrected chi connectivity index (χ0v) is 30.7. The largest absolute Gasteiger partial charge is 0.310 e. The smallest absolute Gasteiger partial charge is 0.0542 e. The molecule has 1 aromatic heterocycles. The summed E-state index contributed by atoms with van der Waals surface area (Å²) in [5.74, 6) is 0.552. The fourth-order valence-corrected chi connectivity index (χ4v) is 7.74. The van der Waals surface area contributed by atoms with Crippen LogP contribution in [0.2, 0.25) is 0 Å². The maximum atomic E-state index is 2.40. The van der Waals surface area contributed by atoms with Crippen LogP contribution in [0.25, 0.3) is 60.9 Å². The number of benzene rings is 8. The highest BCUT2D eigenvalue weighted by Crippen LogP contribution is 2.41. The van der Waals surface area contributed by atoms with E-state index in [0.29, 0.717) is 5.92 Å². The van der Waals surface area contributed by atoms with Crippen molar-refractivity contribution in [1.82, 2.24) is 4.57 Å². The van der Waals surface area contributed by atoms with Crippen LogP contribution in [0.4, 0.5) is 17.1 Å². The van der Waals surface area contributed by atoms with Crippen molar-refractivity contribution >= 4 is 38.9 Å². The third-order valence-electron chi connectivity index (χ3n) is 10.9. The molecule has 1 heterocycles. The molecule has 1 unspecified atom stereocenters. The molecule has 260 valence electrons. The standard InChI is InChI=1S/C52H42N2/c1-3-37(2)38-19-21-43(22-20-38)44-27-33-51-49(35-44)50-36-48(32-34-52(50)54(51)45-17-11-6-12-18-45)53(46-28-23-41(24-29-46)39-13-7-4-8-14-39)47-30-25-42(26-31-47)40-15-9-5-10-16-40/h4-37H,3H2,1-2H3. The minimum absolute atomic E-state index is 0.552. The Bertz CT molecular complexity index is 2570. The summed E-state index contributed by atoms with van der Waals surface area (Å²) < 4.78 is 2.40. The molecule has 8 aromatic carbocycles. The van der Waals surface area contributed by atoms with Crippen LogP contribution in [-0.4, -0.2) is 4.57 Å². The molecular formula is C52H42N2. The molecule has 0 aliphatic rings. The average Bonchev–Trinajstić information content (AvgIpc) is 3.58. The molecule has 1 atom stereocenters. The van der Waals surface area contributed by atoms with Gasteiger partial charge in [-0.15, -0.1) is 0 Å². The topological polar surface area (TPSA) is 8.17 Å². The Hall–Kier alpha value is -6.64. The number of para-hydroxylation sites is 1. The molecule has 0 bridgehead atoms. The first-order valence-electron chi connectivity index (χ1n) is 19.0. The van der Waals surface area contributed by atoms with E-state index in [0.717, 1.165) is 29.2 Å². The van der Waals surface area contributed by atoms with Crippen LogP contribution >= 0.6 is 0 Å². The van der Waals surface area contributed by atoms with E-state index in [1.165, 1.54) is 60.8 Å². The lowest BCUT2D eigenvalue weighted by molar-refractivity contribution is 0.734. The zero-order valence-electron chi connectivity index (χ0n) is 30.7. The van der Waals surface area contributed by atoms with Gasteiger partial charge in [0.1, 0.15) is 0 Å². The number of rotatable bonds is 9. The van der Waals surface area contributed by atoms with Crippen molar-refractivity contribution < 1.29 is 0 Å². The molecule has 0 saturated carbocycles. The maximum Gasteiger partial charge on any atom is 0.0542 e. The minimum Gasteiger partial charge on any atom is -0.310 e. The van der Waals surface area contributed by atoms with E-state index in [1.54, 1.807) is 0 Å². The van der Waals surface area contributed by atoms with Crippen molar-refractivity contribution in [1.29, 1.82) is 0 Å². The van der Waals surface area contributed by atoms with E-state index >= 15 is 0 Å². The zero-order chi connectivity index (χ0) is 36.4. The van der Waals surface area contributed by atoms with E-state index < -0.39 is 0 Å². The maximum absolute atomic E-state index is 2.40. The lowest BCUT2D eigenvalue weighted by Crippen LogP contribution is -2.10. The van der Waals surface area contributed by atoms with Crippen LogP contribution in [0, 0.1) is 0 Å². The van der Waals surface area contributed by atoms with Crippen LogP contribution in [0.3, 0.4) is 0 Å². The lowest BCUT2D eigenvalue weighted by Gasteiger charge is -2.26. The molecular weight excluding hydrogens is 653 g/mol. The van der Waals surface area contributed by atoms with Gasteiger partial charge in [0, 0.05) is 33.5 Å². The van der Waals surface area contributed by atoms with Gasteiger partial charge in [0.25, 0.3) is 0 Å². The first kappa shape index (κ1) is 33.2. The summed E-state index contributed by atoms with van der Waals surface area (Å²) in [4.78, 5) is 2.38. The third kappa shape index (κ3) is 6.27. The van der Waals surface area contributed by atoms with Crippen LogP contribution in [0.5, 0.6) is 0 Å². The van der Waals surface area contributed by atoms with Gasteiger partial charge in [-0.05, 0) is 118 Å². The Morgan fingerprint density at radius 3 is 1.35 bits per heavy atom. The van der Waals surface area contributed by atoms with Crippen molar-refractivity contribution in [3.63, 3.8) is 0 Å². The Labute approximate surface area is 318 Å². The van der Waals surface area contributed by atoms with Crippen molar-refractivity contribution in [2.24, 2.45) is 0 Å². The molecule has 0 aliphatic carbocycles. The molecule has 2 nitrogen and oxygen atoms in total. The van der Waals surface area contributed by atoms with Gasteiger partial charge >= 0.3 is 0 Å². The predicted molar refractivity (Wildman–Crippen MR) is 230 cm³/mol. The van der Waals surface area contributed by atoms with E-state index in [-0.39, 0.29) is 0 Å². The summed E-state index contributed by atoms with van der Waals surface area (Å²) in [6, 6.07) is 72.8. The highest BCUT2D eigenvalue weighted by molar-refractivity contribution is 6.12. The Balaban J connectivity index is 1.21. The summed E-state index contributed by atoms with van der Waals surface area (Å²) in [5, 5.41) is 2.45. The number of anilines is 3. The fraction of sp³-hybridized carbons (Fsp3) is 0.0769. The first-order valence-corrected chi connectivity index (χ1v) is 19.0. The number of hydrogen-bond acceptors (Lipinski definition) is 1. The summed E-state index contributed by atoms with van der Waals surface area (Å²) in [6.07, 6.45) is 1.14. The van der Waals surface area contributed by atoms with Gasteiger partial charge in [0.2, 0.25) is 0 Å². The summed E-state index contributed by atoms with van der Waals surface area (Å²) >= 11 is 0. The van der Waals surface area contributed by atoms with Gasteiger partial charge in [-0.2, -0.15) is 0 Å². The monoisotopic (exact) mass is 694 g/mol. The van der Waals surface area contributed by atoms with E-state index in [9.17, 15) is 0 Å². The summed E-state index contributed by atoms with van der Waals surface area (Å²) in [7, 11) is 0. The molecule has 0 fully saturated rings. The van der Waals surface area contributed by atoms with E-state index in [4.69, 9.17) is 0 Å². The van der Waals surface area contributed by atoms with Gasteiger partial charge < -0.3 is 9.47 Å². The summed E-state index contributed by atoms with van der Waals surface area (Å²) in [6.45, 7) is 4.56. The Morgan fingerprint density at radius 1 is 0.407 bits per heavy atom. The molecule has 0 radical (unpaired) electrons. The second-order valence-electron chi connectivity index (χ2n) is 14.2. The minimum atomic E-state index is 0.552. The molecule has 0 saturated heterocycles. The second-order valence-corrected chi connectivity index (χ2v) is 14.2. The molecule has 0 N–H and O–H groups in total. The highest BCUT2D eigenvalue weighted by Gasteiger charge is 2.19. The number of nitrogens with zero attached hydrogens (tertiary/aromatic N) is 2. The van der Waals surface area contributed by atoms with Crippen LogP contribution in [-0.2, 0) is 0 Å². The number of aromatic nitrogens is 1. The predicted octanol–water partition coefficient (Wildman–Crippen LogP) is 14.8. The van der Waals surface area contributed by atoms with Crippen molar-refractivity contribution in [3.05, 3.63) is 206 Å². The fourth-order valence-electron chi connectivity index (χ4n) is 7.74.